The molecule has 2 saturated carbocycles. The molecule has 0 bridgehead atoms. The Balaban J connectivity index is 1.10. The van der Waals surface area contributed by atoms with E-state index >= 15 is 0 Å². The van der Waals surface area contributed by atoms with E-state index in [1.165, 1.54) is 16.2 Å². The lowest BCUT2D eigenvalue weighted by atomic mass is 9.99. The van der Waals surface area contributed by atoms with Gasteiger partial charge in [-0.3, -0.25) is 23.7 Å². The number of para-hydroxylation sites is 2. The highest BCUT2D eigenvalue weighted by atomic mass is 32.2. The molecule has 59 heavy (non-hydrogen) atoms. The first kappa shape index (κ1) is 41.0. The molecule has 0 radical (unpaired) electrons. The lowest BCUT2D eigenvalue weighted by Gasteiger charge is -2.29. The number of hydrogen-bond donors (Lipinski definition) is 3. The molecule has 4 N–H and O–H groups in total. The average Bonchev–Trinajstić information content (AvgIpc) is 3.78. The number of fused-ring (bicyclic) bond motifs is 3. The molecule has 1 saturated heterocycles. The van der Waals surface area contributed by atoms with Crippen LogP contribution in [0, 0.1) is 5.41 Å². The van der Waals surface area contributed by atoms with E-state index in [2.05, 4.69) is 10.0 Å². The number of imidazole rings is 1. The molecule has 4 aliphatic rings. The van der Waals surface area contributed by atoms with Crippen LogP contribution in [0.3, 0.4) is 0 Å². The Morgan fingerprint density at radius 3 is 2.56 bits per heavy atom. The summed E-state index contributed by atoms with van der Waals surface area (Å²) in [5.74, 6) is -0.985. The molecule has 5 atom stereocenters. The van der Waals surface area contributed by atoms with Gasteiger partial charge in [0.15, 0.2) is 0 Å². The number of aromatic nitrogens is 3. The summed E-state index contributed by atoms with van der Waals surface area (Å²) in [6.07, 6.45) is 8.14. The maximum Gasteiger partial charge on any atom is 0.297 e. The number of carbonyl (C=O) groups excluding carboxylic acids is 3. The van der Waals surface area contributed by atoms with Gasteiger partial charge in [0.1, 0.15) is 34.0 Å². The van der Waals surface area contributed by atoms with Gasteiger partial charge in [0, 0.05) is 34.4 Å². The Kier molecular flexibility index (Phi) is 10.7. The third kappa shape index (κ3) is 7.41. The zero-order valence-electron chi connectivity index (χ0n) is 34.2. The minimum Gasteiger partial charge on any atom is -0.496 e. The topological polar surface area (TPSA) is 188 Å². The van der Waals surface area contributed by atoms with Crippen LogP contribution in [0.2, 0.25) is 0 Å². The van der Waals surface area contributed by atoms with E-state index in [0.29, 0.717) is 30.8 Å². The van der Waals surface area contributed by atoms with Crippen LogP contribution in [-0.4, -0.2) is 87.7 Å². The Morgan fingerprint density at radius 2 is 1.81 bits per heavy atom. The van der Waals surface area contributed by atoms with Crippen LogP contribution >= 0.6 is 11.3 Å². The molecule has 2 aromatic carbocycles. The minimum absolute atomic E-state index is 0.0657. The lowest BCUT2D eigenvalue weighted by Crippen LogP contribution is -2.59. The average molecular weight is 844 g/mol. The van der Waals surface area contributed by atoms with Gasteiger partial charge in [-0.15, -0.1) is 11.3 Å². The largest absolute Gasteiger partial charge is 0.496 e. The van der Waals surface area contributed by atoms with E-state index in [0.717, 1.165) is 58.8 Å². The number of carbonyl (C=O) groups is 3. The highest BCUT2D eigenvalue weighted by Crippen LogP contribution is 2.58. The predicted octanol–water partition coefficient (Wildman–Crippen LogP) is 5.88. The zero-order valence-corrected chi connectivity index (χ0v) is 35.8. The number of amides is 3. The van der Waals surface area contributed by atoms with E-state index in [4.69, 9.17) is 25.2 Å². The highest BCUT2D eigenvalue weighted by molar-refractivity contribution is 7.91. The maximum absolute atomic E-state index is 14.5. The lowest BCUT2D eigenvalue weighted by molar-refractivity contribution is -0.140. The van der Waals surface area contributed by atoms with Crippen molar-refractivity contribution in [1.29, 1.82) is 0 Å². The number of rotatable bonds is 9. The van der Waals surface area contributed by atoms with Gasteiger partial charge in [-0.05, 0) is 83.6 Å². The number of nitrogens with zero attached hydrogens (tertiary/aromatic N) is 4. The van der Waals surface area contributed by atoms with Crippen molar-refractivity contribution < 1.29 is 32.3 Å². The Hall–Kier alpha value is -4.80. The number of methoxy groups -OCH3 is 1. The van der Waals surface area contributed by atoms with Gasteiger partial charge in [0.25, 0.3) is 11.9 Å². The van der Waals surface area contributed by atoms with Crippen molar-refractivity contribution in [2.24, 2.45) is 11.1 Å². The summed E-state index contributed by atoms with van der Waals surface area (Å²) in [5.41, 5.74) is 8.19. The van der Waals surface area contributed by atoms with Crippen LogP contribution in [0.15, 0.2) is 60.0 Å². The molecular weight excluding hydrogens is 791 g/mol. The van der Waals surface area contributed by atoms with Gasteiger partial charge in [0.05, 0.1) is 35.7 Å². The van der Waals surface area contributed by atoms with Crippen molar-refractivity contribution >= 4 is 50.1 Å². The number of thiazole rings is 1. The number of benzene rings is 2. The third-order valence-electron chi connectivity index (χ3n) is 12.7. The fourth-order valence-corrected chi connectivity index (χ4v) is 10.7. The first-order valence-corrected chi connectivity index (χ1v) is 22.9. The molecule has 2 aromatic heterocycles. The van der Waals surface area contributed by atoms with Crippen LogP contribution in [0.1, 0.15) is 91.5 Å². The quantitative estimate of drug-likeness (QED) is 0.172. The molecule has 3 amide bonds. The Bertz CT molecular complexity index is 2440. The number of allylic oxidation sites excluding steroid dienone is 1. The summed E-state index contributed by atoms with van der Waals surface area (Å²) in [7, 11) is -2.35. The van der Waals surface area contributed by atoms with Gasteiger partial charge in [-0.1, -0.05) is 50.1 Å². The van der Waals surface area contributed by atoms with E-state index in [9.17, 15) is 22.8 Å². The van der Waals surface area contributed by atoms with E-state index in [1.54, 1.807) is 14.0 Å². The Morgan fingerprint density at radius 1 is 1.05 bits per heavy atom. The summed E-state index contributed by atoms with van der Waals surface area (Å²) in [4.78, 5) is 54.2. The maximum atomic E-state index is 14.5. The van der Waals surface area contributed by atoms with Gasteiger partial charge >= 0.3 is 0 Å². The third-order valence-corrected chi connectivity index (χ3v) is 15.7. The fraction of sp³-hybridized carbons (Fsp3) is 0.512. The molecule has 3 fully saturated rings. The van der Waals surface area contributed by atoms with E-state index < -0.39 is 55.7 Å². The molecule has 16 heteroatoms. The van der Waals surface area contributed by atoms with Crippen molar-refractivity contribution in [2.45, 2.75) is 120 Å². The highest BCUT2D eigenvalue weighted by Gasteiger charge is 2.70. The zero-order chi connectivity index (χ0) is 41.9. The van der Waals surface area contributed by atoms with E-state index in [-0.39, 0.29) is 31.3 Å². The van der Waals surface area contributed by atoms with Gasteiger partial charge < -0.3 is 25.4 Å². The van der Waals surface area contributed by atoms with Gasteiger partial charge in [-0.25, -0.2) is 13.4 Å². The second-order valence-electron chi connectivity index (χ2n) is 17.3. The number of nitrogens with one attached hydrogen (secondary N) is 2. The van der Waals surface area contributed by atoms with Crippen LogP contribution < -0.4 is 25.2 Å². The Labute approximate surface area is 349 Å². The SMILES string of the molecule is COc1ccccc1-c1csc(-c2cccc3c2nc(OC2CC4C(=O)NC5(C(=O)NS(=O)(=O)C6(C)CC6)CC5(C)C=CCCCCCC(N)C(=O)N4C2)n3C(C)C)n1. The molecule has 2 aliphatic carbocycles. The molecule has 2 aliphatic heterocycles. The predicted molar refractivity (Wildman–Crippen MR) is 226 cm³/mol. The summed E-state index contributed by atoms with van der Waals surface area (Å²) < 4.78 is 42.1. The summed E-state index contributed by atoms with van der Waals surface area (Å²) in [6, 6.07) is 12.1. The second kappa shape index (κ2) is 15.3. The fourth-order valence-electron chi connectivity index (χ4n) is 8.60. The number of ether oxygens (including phenoxy) is 2. The van der Waals surface area contributed by atoms with Gasteiger partial charge in [-0.2, -0.15) is 4.98 Å². The van der Waals surface area contributed by atoms with Crippen molar-refractivity contribution in [3.05, 3.63) is 60.0 Å². The standard InChI is InChI=1S/C43H53N7O7S2/c1-26(2)50-32-17-13-15-29(37-45-31(24-58-37)28-14-10-11-18-34(28)56-5)35(32)46-40(50)57-27-22-33-36(51)47-43(39(53)48-59(54,55)42(4)20-21-42)25-41(43,3)19-12-8-6-7-9-16-30(44)38(52)49(33)23-27/h10-15,17-19,24,26-27,30,33H,6-9,16,20-23,25,44H2,1-5H3,(H,47,51)(H,48,53). The summed E-state index contributed by atoms with van der Waals surface area (Å²) in [5, 5.41) is 5.74. The second-order valence-corrected chi connectivity index (χ2v) is 20.3. The van der Waals surface area contributed by atoms with Crippen molar-refractivity contribution in [3.8, 4) is 33.6 Å². The molecule has 314 valence electrons. The normalized spacial score (nSPS) is 27.0. The monoisotopic (exact) mass is 843 g/mol. The van der Waals surface area contributed by atoms with Gasteiger partial charge in [0.2, 0.25) is 21.8 Å². The smallest absolute Gasteiger partial charge is 0.297 e. The molecule has 4 heterocycles. The number of nitrogens with two attached hydrogens (primary N) is 1. The van der Waals surface area contributed by atoms with Crippen molar-refractivity contribution in [1.82, 2.24) is 29.5 Å². The number of hydrogen-bond acceptors (Lipinski definition) is 11. The molecule has 8 rings (SSSR count). The first-order chi connectivity index (χ1) is 28.1. The molecule has 5 unspecified atom stereocenters. The first-order valence-electron chi connectivity index (χ1n) is 20.5. The van der Waals surface area contributed by atoms with Crippen LogP contribution in [0.4, 0.5) is 0 Å². The summed E-state index contributed by atoms with van der Waals surface area (Å²) >= 11 is 1.50. The summed E-state index contributed by atoms with van der Waals surface area (Å²) in [6.45, 7) is 7.60. The van der Waals surface area contributed by atoms with E-state index in [1.807, 2.05) is 85.3 Å². The van der Waals surface area contributed by atoms with Crippen molar-refractivity contribution in [3.63, 3.8) is 0 Å². The molecule has 4 aromatic rings. The van der Waals surface area contributed by atoms with Crippen molar-refractivity contribution in [2.75, 3.05) is 13.7 Å². The molecule has 14 nitrogen and oxygen atoms in total. The van der Waals surface area contributed by atoms with Crippen LogP contribution in [0.25, 0.3) is 32.9 Å². The van der Waals surface area contributed by atoms with Crippen LogP contribution in [-0.2, 0) is 24.4 Å². The molecular formula is C43H53N7O7S2. The minimum atomic E-state index is -3.99. The number of sulfonamides is 1. The van der Waals surface area contributed by atoms with Crippen LogP contribution in [0.5, 0.6) is 11.8 Å². The molecule has 0 spiro atoms.